The molecule has 1 aromatic carbocycles. The molecule has 0 radical (unpaired) electrons. The van der Waals surface area contributed by atoms with E-state index in [1.165, 1.54) is 5.56 Å². The molecule has 0 saturated carbocycles. The summed E-state index contributed by atoms with van der Waals surface area (Å²) in [7, 11) is 0. The lowest BCUT2D eigenvalue weighted by Gasteiger charge is -2.24. The molecule has 0 amide bonds. The van der Waals surface area contributed by atoms with Gasteiger partial charge in [0, 0.05) is 23.7 Å². The molecule has 1 atom stereocenters. The number of hydrogen-bond donors (Lipinski definition) is 2. The van der Waals surface area contributed by atoms with Crippen LogP contribution in [-0.2, 0) is 5.41 Å². The highest BCUT2D eigenvalue weighted by molar-refractivity contribution is 5.42. The first-order valence-electron chi connectivity index (χ1n) is 4.70. The summed E-state index contributed by atoms with van der Waals surface area (Å²) < 4.78 is 0. The number of nitrogen functional groups attached to an aromatic ring is 1. The van der Waals surface area contributed by atoms with Crippen LogP contribution in [0.3, 0.4) is 0 Å². The van der Waals surface area contributed by atoms with E-state index in [2.05, 4.69) is 31.3 Å². The molecule has 2 heteroatoms. The van der Waals surface area contributed by atoms with Crippen LogP contribution in [0.4, 0.5) is 5.69 Å². The summed E-state index contributed by atoms with van der Waals surface area (Å²) in [4.78, 5) is 0. The molecule has 2 nitrogen and oxygen atoms in total. The number of hydrogen-bond acceptors (Lipinski definition) is 2. The molecule has 1 heterocycles. The molecule has 70 valence electrons. The van der Waals surface area contributed by atoms with Crippen molar-refractivity contribution in [1.82, 2.24) is 5.32 Å². The molecule has 1 aliphatic heterocycles. The minimum atomic E-state index is 0.230. The van der Waals surface area contributed by atoms with Crippen molar-refractivity contribution in [3.05, 3.63) is 29.8 Å². The molecule has 13 heavy (non-hydrogen) atoms. The second-order valence-corrected chi connectivity index (χ2v) is 4.30. The van der Waals surface area contributed by atoms with Crippen molar-refractivity contribution < 1.29 is 0 Å². The van der Waals surface area contributed by atoms with E-state index in [-0.39, 0.29) is 5.41 Å². The van der Waals surface area contributed by atoms with Crippen LogP contribution < -0.4 is 11.1 Å². The molecule has 0 aromatic heterocycles. The zero-order chi connectivity index (χ0) is 9.47. The van der Waals surface area contributed by atoms with E-state index in [0.717, 1.165) is 12.2 Å². The van der Waals surface area contributed by atoms with Crippen LogP contribution in [0, 0.1) is 0 Å². The monoisotopic (exact) mass is 176 g/mol. The third kappa shape index (κ3) is 1.54. The number of nitrogens with two attached hydrogens (primary N) is 1. The molecule has 2 rings (SSSR count). The van der Waals surface area contributed by atoms with Gasteiger partial charge in [0.2, 0.25) is 0 Å². The maximum absolute atomic E-state index is 5.65. The van der Waals surface area contributed by atoms with Gasteiger partial charge in [0.25, 0.3) is 0 Å². The zero-order valence-electron chi connectivity index (χ0n) is 8.17. The van der Waals surface area contributed by atoms with Crippen molar-refractivity contribution >= 4 is 5.69 Å². The smallest absolute Gasteiger partial charge is 0.0314 e. The maximum atomic E-state index is 5.65. The topological polar surface area (TPSA) is 48.0 Å². The Kier molecular flexibility index (Phi) is 1.81. The third-order valence-electron chi connectivity index (χ3n) is 2.93. The lowest BCUT2D eigenvalue weighted by molar-refractivity contribution is 0.512. The molecule has 0 aliphatic carbocycles. The summed E-state index contributed by atoms with van der Waals surface area (Å²) in [6, 6.07) is 8.82. The molecule has 1 unspecified atom stereocenters. The van der Waals surface area contributed by atoms with Gasteiger partial charge in [-0.2, -0.15) is 0 Å². The Labute approximate surface area is 79.1 Å². The van der Waals surface area contributed by atoms with Crippen molar-refractivity contribution in [2.45, 2.75) is 25.3 Å². The first-order valence-corrected chi connectivity index (χ1v) is 4.70. The molecule has 0 spiro atoms. The normalized spacial score (nSPS) is 21.5. The third-order valence-corrected chi connectivity index (χ3v) is 2.93. The lowest BCUT2D eigenvalue weighted by atomic mass is 9.81. The van der Waals surface area contributed by atoms with Crippen molar-refractivity contribution in [3.63, 3.8) is 0 Å². The Balaban J connectivity index is 2.28. The van der Waals surface area contributed by atoms with Crippen molar-refractivity contribution in [2.24, 2.45) is 0 Å². The first-order chi connectivity index (χ1) is 6.10. The molecule has 3 N–H and O–H groups in total. The molecule has 1 fully saturated rings. The van der Waals surface area contributed by atoms with Crippen LogP contribution in [0.5, 0.6) is 0 Å². The maximum Gasteiger partial charge on any atom is 0.0314 e. The minimum absolute atomic E-state index is 0.230. The molecular weight excluding hydrogens is 160 g/mol. The van der Waals surface area contributed by atoms with Crippen LogP contribution in [-0.4, -0.2) is 12.6 Å². The van der Waals surface area contributed by atoms with Gasteiger partial charge in [-0.3, -0.25) is 0 Å². The molecule has 1 aliphatic rings. The van der Waals surface area contributed by atoms with Crippen LogP contribution in [0.1, 0.15) is 19.4 Å². The average Bonchev–Trinajstić information content (AvgIpc) is 2.87. The lowest BCUT2D eigenvalue weighted by Crippen LogP contribution is -2.26. The Bertz CT molecular complexity index is 296. The van der Waals surface area contributed by atoms with E-state index in [0.29, 0.717) is 6.04 Å². The zero-order valence-corrected chi connectivity index (χ0v) is 8.17. The molecule has 1 saturated heterocycles. The summed E-state index contributed by atoms with van der Waals surface area (Å²) in [5.74, 6) is 0. The van der Waals surface area contributed by atoms with Crippen LogP contribution >= 0.6 is 0 Å². The second-order valence-electron chi connectivity index (χ2n) is 4.30. The predicted molar refractivity (Wildman–Crippen MR) is 55.7 cm³/mol. The summed E-state index contributed by atoms with van der Waals surface area (Å²) in [5, 5.41) is 3.36. The van der Waals surface area contributed by atoms with Gasteiger partial charge in [0.15, 0.2) is 0 Å². The van der Waals surface area contributed by atoms with Crippen LogP contribution in [0.2, 0.25) is 0 Å². The van der Waals surface area contributed by atoms with Gasteiger partial charge in [-0.25, -0.2) is 0 Å². The number of benzene rings is 1. The van der Waals surface area contributed by atoms with Gasteiger partial charge in [-0.05, 0) is 17.7 Å². The van der Waals surface area contributed by atoms with Crippen molar-refractivity contribution in [3.8, 4) is 0 Å². The number of nitrogens with one attached hydrogen (secondary N) is 1. The van der Waals surface area contributed by atoms with Crippen LogP contribution in [0.15, 0.2) is 24.3 Å². The Morgan fingerprint density at radius 3 is 2.31 bits per heavy atom. The summed E-state index contributed by atoms with van der Waals surface area (Å²) in [5.41, 5.74) is 8.07. The quantitative estimate of drug-likeness (QED) is 0.530. The number of anilines is 1. The van der Waals surface area contributed by atoms with Crippen LogP contribution in [0.25, 0.3) is 0 Å². The van der Waals surface area contributed by atoms with Crippen molar-refractivity contribution in [2.75, 3.05) is 12.3 Å². The molecule has 0 bridgehead atoms. The van der Waals surface area contributed by atoms with Gasteiger partial charge >= 0.3 is 0 Å². The fraction of sp³-hybridized carbons (Fsp3) is 0.455. The highest BCUT2D eigenvalue weighted by atomic mass is 15.1. The summed E-state index contributed by atoms with van der Waals surface area (Å²) in [6.07, 6.45) is 0. The van der Waals surface area contributed by atoms with E-state index in [1.54, 1.807) is 0 Å². The van der Waals surface area contributed by atoms with E-state index < -0.39 is 0 Å². The highest BCUT2D eigenvalue weighted by Crippen LogP contribution is 2.31. The summed E-state index contributed by atoms with van der Waals surface area (Å²) in [6.45, 7) is 5.67. The van der Waals surface area contributed by atoms with E-state index in [4.69, 9.17) is 5.73 Å². The molecular formula is C11H16N2. The number of rotatable bonds is 2. The standard InChI is InChI=1S/C11H16N2/c1-11(2,10-7-13-10)8-3-5-9(12)6-4-8/h3-6,10,13H,7,12H2,1-2H3. The van der Waals surface area contributed by atoms with Gasteiger partial charge in [-0.1, -0.05) is 26.0 Å². The Hall–Kier alpha value is -1.02. The van der Waals surface area contributed by atoms with Gasteiger partial charge in [0.1, 0.15) is 0 Å². The second kappa shape index (κ2) is 2.74. The Morgan fingerprint density at radius 1 is 1.31 bits per heavy atom. The van der Waals surface area contributed by atoms with Gasteiger partial charge < -0.3 is 11.1 Å². The van der Waals surface area contributed by atoms with Gasteiger partial charge in [0.05, 0.1) is 0 Å². The SMILES string of the molecule is CC(C)(c1ccc(N)cc1)C1CN1. The predicted octanol–water partition coefficient (Wildman–Crippen LogP) is 1.52. The van der Waals surface area contributed by atoms with E-state index >= 15 is 0 Å². The highest BCUT2D eigenvalue weighted by Gasteiger charge is 2.38. The largest absolute Gasteiger partial charge is 0.399 e. The van der Waals surface area contributed by atoms with E-state index in [9.17, 15) is 0 Å². The van der Waals surface area contributed by atoms with E-state index in [1.807, 2.05) is 12.1 Å². The Morgan fingerprint density at radius 2 is 1.85 bits per heavy atom. The summed E-state index contributed by atoms with van der Waals surface area (Å²) >= 11 is 0. The average molecular weight is 176 g/mol. The first kappa shape index (κ1) is 8.57. The minimum Gasteiger partial charge on any atom is -0.399 e. The fourth-order valence-corrected chi connectivity index (χ4v) is 1.68. The van der Waals surface area contributed by atoms with Crippen molar-refractivity contribution in [1.29, 1.82) is 0 Å². The molecule has 1 aromatic rings. The van der Waals surface area contributed by atoms with Gasteiger partial charge in [-0.15, -0.1) is 0 Å². The fourth-order valence-electron chi connectivity index (χ4n) is 1.68.